The number of hydrogen-bond donors (Lipinski definition) is 1. The standard InChI is InChI=1S/C15H18BrNS/c1-3-12-8-9-18-15(12)10-17-11(2)13-6-4-5-7-14(13)16/h4-9,11,17H,3,10H2,1-2H3. The van der Waals surface area contributed by atoms with Gasteiger partial charge in [0.2, 0.25) is 0 Å². The van der Waals surface area contributed by atoms with Crippen LogP contribution in [0.1, 0.15) is 35.9 Å². The Morgan fingerprint density at radius 3 is 2.78 bits per heavy atom. The van der Waals surface area contributed by atoms with E-state index in [1.54, 1.807) is 0 Å². The van der Waals surface area contributed by atoms with Gasteiger partial charge in [0.25, 0.3) is 0 Å². The first-order chi connectivity index (χ1) is 8.72. The minimum Gasteiger partial charge on any atom is -0.305 e. The molecule has 0 bridgehead atoms. The van der Waals surface area contributed by atoms with Gasteiger partial charge in [-0.3, -0.25) is 0 Å². The second-order valence-electron chi connectivity index (χ2n) is 4.35. The van der Waals surface area contributed by atoms with Gasteiger partial charge < -0.3 is 5.32 Å². The molecule has 0 aliphatic heterocycles. The van der Waals surface area contributed by atoms with Crippen molar-refractivity contribution < 1.29 is 0 Å². The molecule has 2 rings (SSSR count). The van der Waals surface area contributed by atoms with E-state index < -0.39 is 0 Å². The molecule has 96 valence electrons. The zero-order valence-electron chi connectivity index (χ0n) is 10.7. The number of hydrogen-bond acceptors (Lipinski definition) is 2. The molecule has 0 fully saturated rings. The van der Waals surface area contributed by atoms with Crippen LogP contribution in [0.3, 0.4) is 0 Å². The Bertz CT molecular complexity index is 507. The molecule has 1 heterocycles. The van der Waals surface area contributed by atoms with Crippen LogP contribution in [0.25, 0.3) is 0 Å². The molecule has 1 atom stereocenters. The zero-order valence-corrected chi connectivity index (χ0v) is 13.1. The number of aryl methyl sites for hydroxylation is 1. The van der Waals surface area contributed by atoms with Crippen molar-refractivity contribution in [2.75, 3.05) is 0 Å². The minimum atomic E-state index is 0.354. The Morgan fingerprint density at radius 1 is 1.28 bits per heavy atom. The third kappa shape index (κ3) is 3.22. The minimum absolute atomic E-state index is 0.354. The lowest BCUT2D eigenvalue weighted by molar-refractivity contribution is 0.575. The van der Waals surface area contributed by atoms with Crippen LogP contribution in [-0.4, -0.2) is 0 Å². The van der Waals surface area contributed by atoms with E-state index in [-0.39, 0.29) is 0 Å². The molecule has 18 heavy (non-hydrogen) atoms. The van der Waals surface area contributed by atoms with Crippen LogP contribution in [0.2, 0.25) is 0 Å². The summed E-state index contributed by atoms with van der Waals surface area (Å²) in [5, 5.41) is 5.78. The van der Waals surface area contributed by atoms with Gasteiger partial charge in [-0.2, -0.15) is 0 Å². The average molecular weight is 324 g/mol. The molecule has 0 spiro atoms. The first kappa shape index (κ1) is 13.8. The van der Waals surface area contributed by atoms with Crippen molar-refractivity contribution in [3.05, 3.63) is 56.2 Å². The van der Waals surface area contributed by atoms with Crippen LogP contribution >= 0.6 is 27.3 Å². The fourth-order valence-electron chi connectivity index (χ4n) is 2.02. The third-order valence-corrected chi connectivity index (χ3v) is 4.84. The molecule has 0 amide bonds. The second kappa shape index (κ2) is 6.50. The van der Waals surface area contributed by atoms with Gasteiger partial charge in [-0.05, 0) is 42.0 Å². The Labute approximate surface area is 121 Å². The SMILES string of the molecule is CCc1ccsc1CNC(C)c1ccccc1Br. The third-order valence-electron chi connectivity index (χ3n) is 3.16. The molecule has 3 heteroatoms. The maximum absolute atomic E-state index is 3.61. The molecule has 1 aromatic carbocycles. The van der Waals surface area contributed by atoms with Gasteiger partial charge >= 0.3 is 0 Å². The average Bonchev–Trinajstić information content (AvgIpc) is 2.84. The van der Waals surface area contributed by atoms with E-state index in [9.17, 15) is 0 Å². The summed E-state index contributed by atoms with van der Waals surface area (Å²) < 4.78 is 1.17. The van der Waals surface area contributed by atoms with E-state index in [4.69, 9.17) is 0 Å². The van der Waals surface area contributed by atoms with Crippen LogP contribution in [0, 0.1) is 0 Å². The molecule has 0 saturated heterocycles. The van der Waals surface area contributed by atoms with E-state index in [0.717, 1.165) is 13.0 Å². The van der Waals surface area contributed by atoms with E-state index in [2.05, 4.69) is 70.8 Å². The van der Waals surface area contributed by atoms with Gasteiger partial charge in [0.15, 0.2) is 0 Å². The van der Waals surface area contributed by atoms with Crippen LogP contribution in [0.4, 0.5) is 0 Å². The Kier molecular flexibility index (Phi) is 4.98. The summed E-state index contributed by atoms with van der Waals surface area (Å²) in [4.78, 5) is 1.46. The lowest BCUT2D eigenvalue weighted by Gasteiger charge is -2.15. The van der Waals surface area contributed by atoms with E-state index in [1.807, 2.05) is 11.3 Å². The summed E-state index contributed by atoms with van der Waals surface area (Å²) in [7, 11) is 0. The maximum atomic E-state index is 3.61. The van der Waals surface area contributed by atoms with Gasteiger partial charge in [-0.15, -0.1) is 11.3 Å². The predicted octanol–water partition coefficient (Wildman–Crippen LogP) is 4.92. The molecule has 0 aliphatic carbocycles. The molecule has 0 radical (unpaired) electrons. The van der Waals surface area contributed by atoms with Gasteiger partial charge in [0.05, 0.1) is 0 Å². The normalized spacial score (nSPS) is 12.6. The summed E-state index contributed by atoms with van der Waals surface area (Å²) in [6.07, 6.45) is 1.12. The molecular formula is C15H18BrNS. The Balaban J connectivity index is 2.01. The van der Waals surface area contributed by atoms with Crippen molar-refractivity contribution in [2.24, 2.45) is 0 Å². The number of benzene rings is 1. The molecule has 2 aromatic rings. The van der Waals surface area contributed by atoms with Crippen molar-refractivity contribution in [2.45, 2.75) is 32.9 Å². The molecule has 0 aliphatic rings. The largest absolute Gasteiger partial charge is 0.305 e. The number of thiophene rings is 1. The van der Waals surface area contributed by atoms with Crippen molar-refractivity contribution >= 4 is 27.3 Å². The summed E-state index contributed by atoms with van der Waals surface area (Å²) in [5.74, 6) is 0. The highest BCUT2D eigenvalue weighted by Crippen LogP contribution is 2.24. The fraction of sp³-hybridized carbons (Fsp3) is 0.333. The first-order valence-corrected chi connectivity index (χ1v) is 7.92. The van der Waals surface area contributed by atoms with E-state index in [1.165, 1.54) is 20.5 Å². The highest BCUT2D eigenvalue weighted by atomic mass is 79.9. The summed E-state index contributed by atoms with van der Waals surface area (Å²) in [6.45, 7) is 5.37. The van der Waals surface area contributed by atoms with Crippen LogP contribution in [0.15, 0.2) is 40.2 Å². The number of nitrogens with one attached hydrogen (secondary N) is 1. The van der Waals surface area contributed by atoms with Crippen LogP contribution in [0.5, 0.6) is 0 Å². The summed E-state index contributed by atoms with van der Waals surface area (Å²) in [6, 6.07) is 11.0. The Hall–Kier alpha value is -0.640. The highest BCUT2D eigenvalue weighted by molar-refractivity contribution is 9.10. The molecule has 0 saturated carbocycles. The summed E-state index contributed by atoms with van der Waals surface area (Å²) in [5.41, 5.74) is 2.78. The second-order valence-corrected chi connectivity index (χ2v) is 6.20. The van der Waals surface area contributed by atoms with E-state index in [0.29, 0.717) is 6.04 Å². The maximum Gasteiger partial charge on any atom is 0.0308 e. The first-order valence-electron chi connectivity index (χ1n) is 6.25. The van der Waals surface area contributed by atoms with Gasteiger partial charge in [-0.25, -0.2) is 0 Å². The van der Waals surface area contributed by atoms with E-state index >= 15 is 0 Å². The molecule has 1 aromatic heterocycles. The summed E-state index contributed by atoms with van der Waals surface area (Å²) >= 11 is 5.45. The topological polar surface area (TPSA) is 12.0 Å². The van der Waals surface area contributed by atoms with Crippen molar-refractivity contribution in [1.82, 2.24) is 5.32 Å². The highest BCUT2D eigenvalue weighted by Gasteiger charge is 2.09. The quantitative estimate of drug-likeness (QED) is 0.823. The lowest BCUT2D eigenvalue weighted by atomic mass is 10.1. The predicted molar refractivity (Wildman–Crippen MR) is 83.1 cm³/mol. The van der Waals surface area contributed by atoms with Gasteiger partial charge in [0, 0.05) is 21.9 Å². The van der Waals surface area contributed by atoms with Crippen molar-refractivity contribution in [3.63, 3.8) is 0 Å². The monoisotopic (exact) mass is 323 g/mol. The smallest absolute Gasteiger partial charge is 0.0308 e. The van der Waals surface area contributed by atoms with Crippen LogP contribution < -0.4 is 5.32 Å². The zero-order chi connectivity index (χ0) is 13.0. The lowest BCUT2D eigenvalue weighted by Crippen LogP contribution is -2.18. The van der Waals surface area contributed by atoms with Gasteiger partial charge in [-0.1, -0.05) is 41.1 Å². The molecule has 1 nitrogen and oxygen atoms in total. The molecular weight excluding hydrogens is 306 g/mol. The number of halogens is 1. The fourth-order valence-corrected chi connectivity index (χ4v) is 3.57. The van der Waals surface area contributed by atoms with Crippen LogP contribution in [-0.2, 0) is 13.0 Å². The molecule has 1 N–H and O–H groups in total. The van der Waals surface area contributed by atoms with Gasteiger partial charge in [0.1, 0.15) is 0 Å². The molecule has 1 unspecified atom stereocenters. The van der Waals surface area contributed by atoms with Crippen molar-refractivity contribution in [3.8, 4) is 0 Å². The number of rotatable bonds is 5. The Morgan fingerprint density at radius 2 is 2.06 bits per heavy atom. The van der Waals surface area contributed by atoms with Crippen molar-refractivity contribution in [1.29, 1.82) is 0 Å².